The summed E-state index contributed by atoms with van der Waals surface area (Å²) in [6.07, 6.45) is 4.05. The Morgan fingerprint density at radius 3 is 2.56 bits per heavy atom. The second kappa shape index (κ2) is 7.51. The molecule has 0 bridgehead atoms. The number of nitrogens with one attached hydrogen (secondary N) is 1. The van der Waals surface area contributed by atoms with Crippen LogP contribution in [0.2, 0.25) is 0 Å². The van der Waals surface area contributed by atoms with Crippen LogP contribution in [0, 0.1) is 0 Å². The number of carbonyl (C=O) groups is 1. The molecule has 1 aliphatic heterocycles. The molecule has 6 heteroatoms. The van der Waals surface area contributed by atoms with Crippen molar-refractivity contribution < 1.29 is 14.3 Å². The molecule has 0 fully saturated rings. The van der Waals surface area contributed by atoms with Crippen molar-refractivity contribution in [1.29, 1.82) is 0 Å². The monoisotopic (exact) mass is 343 g/mol. The number of anilines is 1. The van der Waals surface area contributed by atoms with Crippen LogP contribution in [0.5, 0.6) is 11.5 Å². The summed E-state index contributed by atoms with van der Waals surface area (Å²) >= 11 is 0. The maximum atomic E-state index is 12.9. The van der Waals surface area contributed by atoms with Gasteiger partial charge in [0.1, 0.15) is 11.5 Å². The summed E-state index contributed by atoms with van der Waals surface area (Å²) < 4.78 is 12.8. The largest absolute Gasteiger partial charge is 0.497 e. The van der Waals surface area contributed by atoms with Crippen LogP contribution in [0.15, 0.2) is 36.5 Å². The molecule has 1 atom stereocenters. The van der Waals surface area contributed by atoms with Gasteiger partial charge in [-0.05, 0) is 18.6 Å². The van der Waals surface area contributed by atoms with E-state index in [1.165, 1.54) is 5.69 Å². The van der Waals surface area contributed by atoms with E-state index in [4.69, 9.17) is 9.47 Å². The van der Waals surface area contributed by atoms with Gasteiger partial charge in [-0.3, -0.25) is 0 Å². The first-order chi connectivity index (χ1) is 12.2. The number of carbonyl (C=O) groups excluding carboxylic acids is 1. The molecule has 0 aliphatic carbocycles. The lowest BCUT2D eigenvalue weighted by molar-refractivity contribution is 0.163. The van der Waals surface area contributed by atoms with Gasteiger partial charge in [-0.15, -0.1) is 0 Å². The molecule has 0 saturated heterocycles. The van der Waals surface area contributed by atoms with Gasteiger partial charge < -0.3 is 24.3 Å². The van der Waals surface area contributed by atoms with Crippen LogP contribution in [0.4, 0.5) is 10.5 Å². The number of methoxy groups -OCH3 is 2. The molecule has 6 nitrogen and oxygen atoms in total. The predicted octanol–water partition coefficient (Wildman–Crippen LogP) is 3.89. The molecule has 2 heterocycles. The number of hydrogen-bond acceptors (Lipinski definition) is 3. The molecule has 1 aliphatic rings. The average molecular weight is 343 g/mol. The standard InChI is InChI=1S/C19H25N3O3/c1-4-6-18-17-7-5-8-21(17)9-10-22(18)19(23)20-14-11-15(24-2)13-16(12-14)25-3/h5,7-8,11-13,18H,4,6,9-10H2,1-3H3,(H,20,23)/t18-/m0/s1. The number of fused-ring (bicyclic) bond motifs is 1. The lowest BCUT2D eigenvalue weighted by atomic mass is 10.0. The maximum absolute atomic E-state index is 12.9. The van der Waals surface area contributed by atoms with Crippen LogP contribution in [-0.4, -0.2) is 36.3 Å². The van der Waals surface area contributed by atoms with E-state index in [1.54, 1.807) is 32.4 Å². The molecule has 1 N–H and O–H groups in total. The van der Waals surface area contributed by atoms with E-state index >= 15 is 0 Å². The van der Waals surface area contributed by atoms with Crippen molar-refractivity contribution >= 4 is 11.7 Å². The minimum absolute atomic E-state index is 0.0961. The van der Waals surface area contributed by atoms with Gasteiger partial charge in [0.25, 0.3) is 0 Å². The molecular formula is C19H25N3O3. The van der Waals surface area contributed by atoms with E-state index in [1.807, 2.05) is 11.0 Å². The molecule has 3 rings (SSSR count). The van der Waals surface area contributed by atoms with Crippen molar-refractivity contribution in [2.45, 2.75) is 32.4 Å². The number of amides is 2. The zero-order chi connectivity index (χ0) is 17.8. The van der Waals surface area contributed by atoms with Crippen molar-refractivity contribution in [3.8, 4) is 11.5 Å². The summed E-state index contributed by atoms with van der Waals surface area (Å²) in [5.74, 6) is 1.29. The van der Waals surface area contributed by atoms with Crippen molar-refractivity contribution in [2.24, 2.45) is 0 Å². The lowest BCUT2D eigenvalue weighted by Crippen LogP contribution is -2.44. The fourth-order valence-electron chi connectivity index (χ4n) is 3.36. The van der Waals surface area contributed by atoms with Crippen molar-refractivity contribution in [1.82, 2.24) is 9.47 Å². The van der Waals surface area contributed by atoms with Gasteiger partial charge in [-0.1, -0.05) is 13.3 Å². The Morgan fingerprint density at radius 1 is 1.20 bits per heavy atom. The number of aromatic nitrogens is 1. The minimum Gasteiger partial charge on any atom is -0.497 e. The van der Waals surface area contributed by atoms with Crippen LogP contribution in [0.1, 0.15) is 31.5 Å². The molecule has 0 saturated carbocycles. The van der Waals surface area contributed by atoms with Crippen LogP contribution in [0.25, 0.3) is 0 Å². The quantitative estimate of drug-likeness (QED) is 0.896. The number of nitrogens with zero attached hydrogens (tertiary/aromatic N) is 2. The third-order valence-electron chi connectivity index (χ3n) is 4.59. The maximum Gasteiger partial charge on any atom is 0.322 e. The highest BCUT2D eigenvalue weighted by atomic mass is 16.5. The Hall–Kier alpha value is -2.63. The summed E-state index contributed by atoms with van der Waals surface area (Å²) in [4.78, 5) is 14.8. The summed E-state index contributed by atoms with van der Waals surface area (Å²) in [6, 6.07) is 9.52. The van der Waals surface area contributed by atoms with E-state index in [-0.39, 0.29) is 12.1 Å². The molecule has 0 unspecified atom stereocenters. The van der Waals surface area contributed by atoms with Gasteiger partial charge in [0.15, 0.2) is 0 Å². The molecular weight excluding hydrogens is 318 g/mol. The zero-order valence-corrected chi connectivity index (χ0v) is 15.0. The van der Waals surface area contributed by atoms with Gasteiger partial charge >= 0.3 is 6.03 Å². The first-order valence-corrected chi connectivity index (χ1v) is 8.62. The summed E-state index contributed by atoms with van der Waals surface area (Å²) in [7, 11) is 3.19. The van der Waals surface area contributed by atoms with Crippen LogP contribution >= 0.6 is 0 Å². The van der Waals surface area contributed by atoms with Crippen LogP contribution < -0.4 is 14.8 Å². The Bertz CT molecular complexity index is 719. The third kappa shape index (κ3) is 3.57. The molecule has 25 heavy (non-hydrogen) atoms. The topological polar surface area (TPSA) is 55.7 Å². The van der Waals surface area contributed by atoms with Gasteiger partial charge in [-0.2, -0.15) is 0 Å². The SMILES string of the molecule is CCC[C@H]1c2cccn2CCN1C(=O)Nc1cc(OC)cc(OC)c1. The molecule has 2 aromatic rings. The Kier molecular flexibility index (Phi) is 5.16. The molecule has 0 radical (unpaired) electrons. The summed E-state index contributed by atoms with van der Waals surface area (Å²) in [5, 5.41) is 2.99. The van der Waals surface area contributed by atoms with Crippen molar-refractivity contribution in [3.63, 3.8) is 0 Å². The minimum atomic E-state index is -0.0961. The van der Waals surface area contributed by atoms with E-state index in [0.29, 0.717) is 23.7 Å². The molecule has 1 aromatic heterocycles. The summed E-state index contributed by atoms with van der Waals surface area (Å²) in [6.45, 7) is 3.65. The number of urea groups is 1. The highest BCUT2D eigenvalue weighted by Crippen LogP contribution is 2.31. The Morgan fingerprint density at radius 2 is 1.92 bits per heavy atom. The molecule has 1 aromatic carbocycles. The number of hydrogen-bond donors (Lipinski definition) is 1. The number of rotatable bonds is 5. The van der Waals surface area contributed by atoms with Crippen molar-refractivity contribution in [3.05, 3.63) is 42.2 Å². The van der Waals surface area contributed by atoms with E-state index < -0.39 is 0 Å². The molecule has 0 spiro atoms. The highest BCUT2D eigenvalue weighted by molar-refractivity contribution is 5.90. The first-order valence-electron chi connectivity index (χ1n) is 8.62. The van der Waals surface area contributed by atoms with Gasteiger partial charge in [-0.25, -0.2) is 4.79 Å². The lowest BCUT2D eigenvalue weighted by Gasteiger charge is -2.37. The van der Waals surface area contributed by atoms with Gasteiger partial charge in [0.05, 0.1) is 20.3 Å². The number of benzene rings is 1. The predicted molar refractivity (Wildman–Crippen MR) is 97.4 cm³/mol. The normalized spacial score (nSPS) is 16.3. The van der Waals surface area contributed by atoms with Crippen LogP contribution in [0.3, 0.4) is 0 Å². The smallest absolute Gasteiger partial charge is 0.322 e. The fourth-order valence-corrected chi connectivity index (χ4v) is 3.36. The van der Waals surface area contributed by atoms with Crippen molar-refractivity contribution in [2.75, 3.05) is 26.1 Å². The zero-order valence-electron chi connectivity index (χ0n) is 15.0. The second-order valence-electron chi connectivity index (χ2n) is 6.16. The van der Waals surface area contributed by atoms with Crippen LogP contribution in [-0.2, 0) is 6.54 Å². The number of ether oxygens (including phenoxy) is 2. The second-order valence-corrected chi connectivity index (χ2v) is 6.16. The fraction of sp³-hybridized carbons (Fsp3) is 0.421. The highest BCUT2D eigenvalue weighted by Gasteiger charge is 2.30. The first kappa shape index (κ1) is 17.2. The molecule has 134 valence electrons. The van der Waals surface area contributed by atoms with Gasteiger partial charge in [0, 0.05) is 48.9 Å². The van der Waals surface area contributed by atoms with E-state index in [0.717, 1.165) is 19.4 Å². The van der Waals surface area contributed by atoms with Gasteiger partial charge in [0.2, 0.25) is 0 Å². The third-order valence-corrected chi connectivity index (χ3v) is 4.59. The Balaban J connectivity index is 1.81. The average Bonchev–Trinajstić information content (AvgIpc) is 3.10. The van der Waals surface area contributed by atoms with E-state index in [9.17, 15) is 4.79 Å². The van der Waals surface area contributed by atoms with E-state index in [2.05, 4.69) is 29.1 Å². The molecule has 2 amide bonds. The summed E-state index contributed by atoms with van der Waals surface area (Å²) in [5.41, 5.74) is 1.86. The Labute approximate surface area is 148 Å².